The van der Waals surface area contributed by atoms with E-state index in [1.54, 1.807) is 31.2 Å². The molecule has 0 saturated carbocycles. The molecule has 0 aromatic heterocycles. The SMILES string of the molecule is C[C@H](CCOC(=O)CS)[C@@H](OC(=O)Nc1ccc(Br)cc1)c1ccc(O)c(F)c1. The maximum atomic E-state index is 13.8. The van der Waals surface area contributed by atoms with Crippen LogP contribution >= 0.6 is 28.6 Å². The van der Waals surface area contributed by atoms with Gasteiger partial charge >= 0.3 is 12.1 Å². The average Bonchev–Trinajstić information content (AvgIpc) is 2.69. The Labute approximate surface area is 181 Å². The number of esters is 1. The van der Waals surface area contributed by atoms with Gasteiger partial charge in [0.15, 0.2) is 11.6 Å². The van der Waals surface area contributed by atoms with Crippen LogP contribution in [0.25, 0.3) is 0 Å². The summed E-state index contributed by atoms with van der Waals surface area (Å²) in [6, 6.07) is 10.7. The number of rotatable bonds is 8. The lowest BCUT2D eigenvalue weighted by Crippen LogP contribution is -2.23. The molecule has 0 saturated heterocycles. The quantitative estimate of drug-likeness (QED) is 0.358. The summed E-state index contributed by atoms with van der Waals surface area (Å²) in [6.45, 7) is 1.90. The van der Waals surface area contributed by atoms with Crippen molar-refractivity contribution >= 4 is 46.3 Å². The summed E-state index contributed by atoms with van der Waals surface area (Å²) in [5.74, 6) is -2.11. The minimum absolute atomic E-state index is 0.0346. The van der Waals surface area contributed by atoms with Crippen molar-refractivity contribution in [1.82, 2.24) is 0 Å². The number of phenols is 1. The number of halogens is 2. The number of amides is 1. The molecular weight excluding hydrogens is 465 g/mol. The first-order valence-electron chi connectivity index (χ1n) is 8.78. The number of carbonyl (C=O) groups excluding carboxylic acids is 2. The summed E-state index contributed by atoms with van der Waals surface area (Å²) in [5.41, 5.74) is 0.906. The van der Waals surface area contributed by atoms with Gasteiger partial charge < -0.3 is 14.6 Å². The van der Waals surface area contributed by atoms with Crippen LogP contribution in [0.3, 0.4) is 0 Å². The minimum atomic E-state index is -0.824. The third-order valence-electron chi connectivity index (χ3n) is 4.11. The van der Waals surface area contributed by atoms with Gasteiger partial charge in [0.25, 0.3) is 0 Å². The molecule has 0 radical (unpaired) electrons. The molecule has 2 aromatic rings. The van der Waals surface area contributed by atoms with Crippen LogP contribution in [0.4, 0.5) is 14.9 Å². The van der Waals surface area contributed by atoms with E-state index in [0.717, 1.165) is 10.5 Å². The van der Waals surface area contributed by atoms with E-state index < -0.39 is 29.7 Å². The lowest BCUT2D eigenvalue weighted by atomic mass is 9.94. The normalized spacial score (nSPS) is 12.7. The molecule has 2 N–H and O–H groups in total. The molecule has 6 nitrogen and oxygen atoms in total. The molecule has 0 unspecified atom stereocenters. The van der Waals surface area contributed by atoms with Crippen molar-refractivity contribution in [2.75, 3.05) is 17.7 Å². The molecule has 0 fully saturated rings. The molecule has 2 rings (SSSR count). The number of benzene rings is 2. The monoisotopic (exact) mass is 485 g/mol. The lowest BCUT2D eigenvalue weighted by Gasteiger charge is -2.25. The molecule has 29 heavy (non-hydrogen) atoms. The van der Waals surface area contributed by atoms with E-state index in [1.165, 1.54) is 12.1 Å². The van der Waals surface area contributed by atoms with Crippen LogP contribution in [0.2, 0.25) is 0 Å². The van der Waals surface area contributed by atoms with Gasteiger partial charge in [-0.2, -0.15) is 12.6 Å². The van der Waals surface area contributed by atoms with Gasteiger partial charge in [-0.25, -0.2) is 9.18 Å². The fourth-order valence-electron chi connectivity index (χ4n) is 2.56. The zero-order valence-electron chi connectivity index (χ0n) is 15.6. The number of phenolic OH excluding ortho intramolecular Hbond substituents is 1. The second-order valence-electron chi connectivity index (χ2n) is 6.31. The summed E-state index contributed by atoms with van der Waals surface area (Å²) in [5, 5.41) is 12.0. The largest absolute Gasteiger partial charge is 0.505 e. The van der Waals surface area contributed by atoms with Crippen LogP contribution in [0.5, 0.6) is 5.75 Å². The van der Waals surface area contributed by atoms with Gasteiger partial charge in [0.05, 0.1) is 12.4 Å². The topological polar surface area (TPSA) is 84.9 Å². The van der Waals surface area contributed by atoms with E-state index in [1.807, 2.05) is 0 Å². The van der Waals surface area contributed by atoms with Crippen LogP contribution in [-0.2, 0) is 14.3 Å². The van der Waals surface area contributed by atoms with Crippen molar-refractivity contribution in [3.8, 4) is 5.75 Å². The van der Waals surface area contributed by atoms with Crippen molar-refractivity contribution in [2.24, 2.45) is 5.92 Å². The Hall–Kier alpha value is -2.26. The van der Waals surface area contributed by atoms with E-state index in [-0.39, 0.29) is 18.3 Å². The van der Waals surface area contributed by atoms with E-state index >= 15 is 0 Å². The van der Waals surface area contributed by atoms with Crippen molar-refractivity contribution in [3.63, 3.8) is 0 Å². The van der Waals surface area contributed by atoms with Crippen LogP contribution < -0.4 is 5.32 Å². The van der Waals surface area contributed by atoms with Crippen LogP contribution in [0.1, 0.15) is 25.0 Å². The number of anilines is 1. The smallest absolute Gasteiger partial charge is 0.412 e. The highest BCUT2D eigenvalue weighted by Gasteiger charge is 2.25. The third kappa shape index (κ3) is 7.25. The highest BCUT2D eigenvalue weighted by Crippen LogP contribution is 2.31. The summed E-state index contributed by atoms with van der Waals surface area (Å²) >= 11 is 7.15. The molecular formula is C20H21BrFNO5S. The predicted molar refractivity (Wildman–Crippen MR) is 114 cm³/mol. The fraction of sp³-hybridized carbons (Fsp3) is 0.300. The summed E-state index contributed by atoms with van der Waals surface area (Å²) in [7, 11) is 0. The Kier molecular flexibility index (Phi) is 8.78. The zero-order chi connectivity index (χ0) is 21.4. The van der Waals surface area contributed by atoms with Crippen LogP contribution in [-0.4, -0.2) is 29.5 Å². The van der Waals surface area contributed by atoms with Gasteiger partial charge in [-0.1, -0.05) is 28.9 Å². The number of hydrogen-bond donors (Lipinski definition) is 3. The third-order valence-corrected chi connectivity index (χ3v) is 4.89. The number of carbonyl (C=O) groups is 2. The second-order valence-corrected chi connectivity index (χ2v) is 7.55. The number of aromatic hydroxyl groups is 1. The Bertz CT molecular complexity index is 849. The second kappa shape index (κ2) is 11.1. The first kappa shape index (κ1) is 23.0. The van der Waals surface area contributed by atoms with Crippen LogP contribution in [0, 0.1) is 11.7 Å². The predicted octanol–water partition coefficient (Wildman–Crippen LogP) is 5.08. The molecule has 2 aromatic carbocycles. The lowest BCUT2D eigenvalue weighted by molar-refractivity contribution is -0.141. The minimum Gasteiger partial charge on any atom is -0.505 e. The summed E-state index contributed by atoms with van der Waals surface area (Å²) in [6.07, 6.45) is -1.17. The van der Waals surface area contributed by atoms with Crippen molar-refractivity contribution in [3.05, 3.63) is 58.3 Å². The van der Waals surface area contributed by atoms with Gasteiger partial charge in [-0.05, 0) is 48.4 Å². The molecule has 0 aliphatic heterocycles. The molecule has 9 heteroatoms. The number of hydrogen-bond acceptors (Lipinski definition) is 6. The van der Waals surface area contributed by atoms with E-state index in [2.05, 4.69) is 33.9 Å². The van der Waals surface area contributed by atoms with Crippen molar-refractivity contribution in [2.45, 2.75) is 19.4 Å². The van der Waals surface area contributed by atoms with E-state index in [9.17, 15) is 19.1 Å². The van der Waals surface area contributed by atoms with Crippen LogP contribution in [0.15, 0.2) is 46.9 Å². The fourth-order valence-corrected chi connectivity index (χ4v) is 2.92. The van der Waals surface area contributed by atoms with Crippen molar-refractivity contribution < 1.29 is 28.6 Å². The number of nitrogens with one attached hydrogen (secondary N) is 1. The summed E-state index contributed by atoms with van der Waals surface area (Å²) < 4.78 is 25.3. The Morgan fingerprint density at radius 1 is 1.24 bits per heavy atom. The standard InChI is InChI=1S/C20H21BrFNO5S/c1-12(8-9-27-18(25)11-29)19(13-2-7-17(24)16(22)10-13)28-20(26)23-15-5-3-14(21)4-6-15/h2-7,10,12,19,24,29H,8-9,11H2,1H3,(H,23,26)/t12-,19-/m1/s1. The number of ether oxygens (including phenoxy) is 2. The summed E-state index contributed by atoms with van der Waals surface area (Å²) in [4.78, 5) is 23.6. The Morgan fingerprint density at radius 3 is 2.55 bits per heavy atom. The maximum Gasteiger partial charge on any atom is 0.412 e. The first-order valence-corrected chi connectivity index (χ1v) is 10.2. The Morgan fingerprint density at radius 2 is 1.93 bits per heavy atom. The molecule has 2 atom stereocenters. The average molecular weight is 486 g/mol. The Balaban J connectivity index is 2.12. The van der Waals surface area contributed by atoms with Gasteiger partial charge in [0.1, 0.15) is 6.10 Å². The molecule has 0 aliphatic carbocycles. The van der Waals surface area contributed by atoms with Crippen molar-refractivity contribution in [1.29, 1.82) is 0 Å². The molecule has 0 aliphatic rings. The van der Waals surface area contributed by atoms with Gasteiger partial charge in [0.2, 0.25) is 0 Å². The molecule has 0 heterocycles. The molecule has 1 amide bonds. The van der Waals surface area contributed by atoms with E-state index in [4.69, 9.17) is 9.47 Å². The van der Waals surface area contributed by atoms with Gasteiger partial charge in [-0.15, -0.1) is 0 Å². The molecule has 0 bridgehead atoms. The van der Waals surface area contributed by atoms with Gasteiger partial charge in [0, 0.05) is 16.1 Å². The van der Waals surface area contributed by atoms with E-state index in [0.29, 0.717) is 17.7 Å². The number of thiol groups is 1. The van der Waals surface area contributed by atoms with Gasteiger partial charge in [-0.3, -0.25) is 10.1 Å². The highest BCUT2D eigenvalue weighted by atomic mass is 79.9. The molecule has 156 valence electrons. The maximum absolute atomic E-state index is 13.8. The zero-order valence-corrected chi connectivity index (χ0v) is 18.1. The first-order chi connectivity index (χ1) is 13.8. The highest BCUT2D eigenvalue weighted by molar-refractivity contribution is 9.10. The molecule has 0 spiro atoms.